The maximum absolute atomic E-state index is 13.7. The predicted molar refractivity (Wildman–Crippen MR) is 232 cm³/mol. The minimum Gasteiger partial charge on any atom is -0.453 e. The van der Waals surface area contributed by atoms with E-state index in [9.17, 15) is 28.8 Å². The van der Waals surface area contributed by atoms with Gasteiger partial charge >= 0.3 is 12.2 Å². The van der Waals surface area contributed by atoms with Crippen LogP contribution < -0.4 is 10.6 Å². The first kappa shape index (κ1) is 43.6. The van der Waals surface area contributed by atoms with Crippen LogP contribution in [0.4, 0.5) is 9.59 Å². The molecule has 12 nitrogen and oxygen atoms in total. The molecule has 0 radical (unpaired) electrons. The third-order valence-corrected chi connectivity index (χ3v) is 13.4. The van der Waals surface area contributed by atoms with Gasteiger partial charge in [-0.2, -0.15) is 0 Å². The van der Waals surface area contributed by atoms with Crippen molar-refractivity contribution in [3.05, 3.63) is 82.9 Å². The van der Waals surface area contributed by atoms with Crippen molar-refractivity contribution < 1.29 is 38.2 Å². The van der Waals surface area contributed by atoms with Crippen LogP contribution in [0.15, 0.2) is 60.7 Å². The molecule has 0 aromatic heterocycles. The van der Waals surface area contributed by atoms with Crippen LogP contribution in [0.5, 0.6) is 0 Å². The molecule has 2 aliphatic carbocycles. The Kier molecular flexibility index (Phi) is 13.3. The number of hydrogen-bond donors (Lipinski definition) is 2. The minimum absolute atomic E-state index is 0.00230. The van der Waals surface area contributed by atoms with Gasteiger partial charge in [0, 0.05) is 25.9 Å². The summed E-state index contributed by atoms with van der Waals surface area (Å²) in [7, 11) is 2.53. The molecule has 3 aromatic rings. The number of ketones is 2. The van der Waals surface area contributed by atoms with Gasteiger partial charge in [-0.25, -0.2) is 9.59 Å². The van der Waals surface area contributed by atoms with Crippen molar-refractivity contribution in [2.75, 3.05) is 27.3 Å². The summed E-state index contributed by atoms with van der Waals surface area (Å²) in [6.45, 7) is 8.41. The Labute approximate surface area is 359 Å². The van der Waals surface area contributed by atoms with Gasteiger partial charge < -0.3 is 29.9 Å². The first-order valence-electron chi connectivity index (χ1n) is 22.0. The molecule has 2 aliphatic heterocycles. The zero-order chi connectivity index (χ0) is 43.5. The smallest absolute Gasteiger partial charge is 0.407 e. The molecule has 324 valence electrons. The summed E-state index contributed by atoms with van der Waals surface area (Å²) in [6.07, 6.45) is 5.27. The number of alkyl carbamates (subject to hydrolysis) is 2. The lowest BCUT2D eigenvalue weighted by molar-refractivity contribution is -0.140. The molecule has 3 aromatic carbocycles. The molecule has 2 unspecified atom stereocenters. The average Bonchev–Trinajstić information content (AvgIpc) is 4.10. The van der Waals surface area contributed by atoms with E-state index in [4.69, 9.17) is 9.47 Å². The predicted octanol–water partition coefficient (Wildman–Crippen LogP) is 7.35. The normalized spacial score (nSPS) is 21.3. The summed E-state index contributed by atoms with van der Waals surface area (Å²) in [5, 5.41) is 5.30. The van der Waals surface area contributed by atoms with Crippen molar-refractivity contribution in [3.63, 3.8) is 0 Å². The number of ether oxygens (including phenoxy) is 2. The maximum atomic E-state index is 13.7. The summed E-state index contributed by atoms with van der Waals surface area (Å²) >= 11 is 0. The number of nitrogens with one attached hydrogen (secondary N) is 2. The van der Waals surface area contributed by atoms with E-state index in [0.29, 0.717) is 37.8 Å². The summed E-state index contributed by atoms with van der Waals surface area (Å²) < 4.78 is 9.48. The lowest BCUT2D eigenvalue weighted by Crippen LogP contribution is -2.53. The van der Waals surface area contributed by atoms with E-state index in [0.717, 1.165) is 41.5 Å². The number of carbonyl (C=O) groups is 6. The van der Waals surface area contributed by atoms with Crippen molar-refractivity contribution in [2.24, 2.45) is 11.8 Å². The Morgan fingerprint density at radius 1 is 0.574 bits per heavy atom. The molecule has 4 amide bonds. The summed E-state index contributed by atoms with van der Waals surface area (Å²) in [4.78, 5) is 81.6. The molecule has 6 atom stereocenters. The van der Waals surface area contributed by atoms with E-state index < -0.39 is 36.4 Å². The van der Waals surface area contributed by atoms with E-state index in [1.807, 2.05) is 52.0 Å². The van der Waals surface area contributed by atoms with Crippen LogP contribution in [0.1, 0.15) is 107 Å². The summed E-state index contributed by atoms with van der Waals surface area (Å²) in [5.41, 5.74) is 9.34. The second-order valence-electron chi connectivity index (χ2n) is 18.0. The first-order valence-corrected chi connectivity index (χ1v) is 22.0. The molecule has 4 aliphatic rings. The number of benzene rings is 3. The number of fused-ring (bicyclic) bond motifs is 5. The van der Waals surface area contributed by atoms with Crippen molar-refractivity contribution in [1.82, 2.24) is 20.4 Å². The molecule has 12 heteroatoms. The lowest BCUT2D eigenvalue weighted by Gasteiger charge is -2.30. The van der Waals surface area contributed by atoms with Gasteiger partial charge in [-0.15, -0.1) is 0 Å². The highest BCUT2D eigenvalue weighted by atomic mass is 16.5. The molecule has 61 heavy (non-hydrogen) atoms. The number of likely N-dealkylation sites (tertiary alicyclic amines) is 2. The zero-order valence-electron chi connectivity index (χ0n) is 36.3. The third-order valence-electron chi connectivity index (χ3n) is 13.4. The van der Waals surface area contributed by atoms with E-state index >= 15 is 0 Å². The molecular weight excluding hydrogens is 773 g/mol. The van der Waals surface area contributed by atoms with Gasteiger partial charge in [0.15, 0.2) is 11.6 Å². The number of Topliss-reactive ketones (excluding diaryl/α,β-unsaturated/α-hetero) is 2. The molecule has 7 rings (SSSR count). The molecule has 2 heterocycles. The fourth-order valence-electron chi connectivity index (χ4n) is 10.3. The molecule has 0 spiro atoms. The van der Waals surface area contributed by atoms with Gasteiger partial charge in [0.1, 0.15) is 12.1 Å². The molecular formula is C49H60N4O8. The lowest BCUT2D eigenvalue weighted by atomic mass is 9.81. The van der Waals surface area contributed by atoms with Crippen LogP contribution in [0.2, 0.25) is 0 Å². The van der Waals surface area contributed by atoms with Crippen molar-refractivity contribution >= 4 is 35.6 Å². The van der Waals surface area contributed by atoms with Crippen LogP contribution >= 0.6 is 0 Å². The fraction of sp³-hybridized carbons (Fsp3) is 0.510. The molecule has 1 saturated carbocycles. The van der Waals surface area contributed by atoms with Gasteiger partial charge in [0.2, 0.25) is 11.8 Å². The highest BCUT2D eigenvalue weighted by molar-refractivity contribution is 5.95. The number of amides is 4. The van der Waals surface area contributed by atoms with Crippen molar-refractivity contribution in [2.45, 2.75) is 121 Å². The quantitative estimate of drug-likeness (QED) is 0.171. The van der Waals surface area contributed by atoms with E-state index in [1.165, 1.54) is 49.3 Å². The zero-order valence-corrected chi connectivity index (χ0v) is 36.3. The van der Waals surface area contributed by atoms with E-state index in [1.54, 1.807) is 9.80 Å². The second kappa shape index (κ2) is 18.6. The first-order chi connectivity index (χ1) is 29.3. The van der Waals surface area contributed by atoms with Crippen LogP contribution in [0.25, 0.3) is 22.3 Å². The van der Waals surface area contributed by atoms with Gasteiger partial charge in [0.25, 0.3) is 0 Å². The largest absolute Gasteiger partial charge is 0.453 e. The topological polar surface area (TPSA) is 151 Å². The van der Waals surface area contributed by atoms with E-state index in [-0.39, 0.29) is 48.1 Å². The number of hydrogen-bond acceptors (Lipinski definition) is 8. The standard InChI is InChI=1S/C49H60N4O8/c1-28(2)44(50-48(58)60-5)46(56)52-23-7-9-38(52)40(54)25-30-11-15-32(16-12-30)36-21-22-37(43-35-20-19-34(27-35)42(36)43)33-17-13-31(14-18-33)26-41(55)39-10-8-24-53(39)47(57)45(29(3)4)51-49(59)61-6/h11-18,21-22,28-29,34-35,38-39,44-45H,7-10,19-20,23-27H2,1-6H3,(H,50,58)(H,51,59)/t34?,35?,38-,39-,44-,45-/m0/s1. The second-order valence-corrected chi connectivity index (χ2v) is 18.0. The van der Waals surface area contributed by atoms with Crippen molar-refractivity contribution in [3.8, 4) is 22.3 Å². The van der Waals surface area contributed by atoms with Gasteiger partial charge in [-0.05, 0) is 113 Å². The third kappa shape index (κ3) is 9.09. The Balaban J connectivity index is 1.03. The molecule has 2 saturated heterocycles. The summed E-state index contributed by atoms with van der Waals surface area (Å²) in [5.74, 6) is 0.158. The van der Waals surface area contributed by atoms with Crippen molar-refractivity contribution in [1.29, 1.82) is 0 Å². The number of carbonyl (C=O) groups excluding carboxylic acids is 6. The van der Waals surface area contributed by atoms with Gasteiger partial charge in [-0.3, -0.25) is 19.2 Å². The highest BCUT2D eigenvalue weighted by Gasteiger charge is 2.42. The maximum Gasteiger partial charge on any atom is 0.407 e. The van der Waals surface area contributed by atoms with Crippen LogP contribution in [-0.2, 0) is 41.5 Å². The van der Waals surface area contributed by atoms with E-state index in [2.05, 4.69) is 47.0 Å². The van der Waals surface area contributed by atoms with Gasteiger partial charge in [0.05, 0.1) is 26.3 Å². The monoisotopic (exact) mass is 832 g/mol. The summed E-state index contributed by atoms with van der Waals surface area (Å²) in [6, 6.07) is 18.4. The minimum atomic E-state index is -0.768. The number of nitrogens with zero attached hydrogens (tertiary/aromatic N) is 2. The molecule has 2 N–H and O–H groups in total. The number of rotatable bonds is 14. The Morgan fingerprint density at radius 2 is 0.951 bits per heavy atom. The number of methoxy groups -OCH3 is 2. The van der Waals surface area contributed by atoms with Crippen LogP contribution in [-0.4, -0.2) is 96.8 Å². The van der Waals surface area contributed by atoms with Crippen LogP contribution in [0.3, 0.4) is 0 Å². The SMILES string of the molecule is COC(=O)N[C@H](C(=O)N1CCC[C@H]1C(=O)Cc1ccc(-c2ccc(-c3ccc(CC(=O)[C@@H]4CCCN4C(=O)[C@@H](NC(=O)OC)C(C)C)cc3)c3c2C2CCC3C2)cc1)C(C)C. The average molecular weight is 833 g/mol. The fourth-order valence-corrected chi connectivity index (χ4v) is 10.3. The molecule has 3 fully saturated rings. The van der Waals surface area contributed by atoms with Gasteiger partial charge in [-0.1, -0.05) is 88.4 Å². The van der Waals surface area contributed by atoms with Crippen LogP contribution in [0, 0.1) is 11.8 Å². The Bertz CT molecular complexity index is 2000. The molecule has 2 bridgehead atoms. The Morgan fingerprint density at radius 3 is 1.30 bits per heavy atom. The highest BCUT2D eigenvalue weighted by Crippen LogP contribution is 2.58. The Hall–Kier alpha value is -5.52.